The Balaban J connectivity index is 0.000000220. The van der Waals surface area contributed by atoms with Crippen LogP contribution in [0.5, 0.6) is 0 Å². The van der Waals surface area contributed by atoms with E-state index in [9.17, 15) is 34.8 Å². The van der Waals surface area contributed by atoms with E-state index in [2.05, 4.69) is 33.6 Å². The summed E-state index contributed by atoms with van der Waals surface area (Å²) in [5.41, 5.74) is 3.73. The molecule has 0 saturated carbocycles. The van der Waals surface area contributed by atoms with Crippen LogP contribution in [0.4, 0.5) is 5.82 Å². The van der Waals surface area contributed by atoms with Gasteiger partial charge in [0.05, 0.1) is 18.8 Å². The van der Waals surface area contributed by atoms with E-state index in [0.717, 1.165) is 15.3 Å². The Labute approximate surface area is 225 Å². The van der Waals surface area contributed by atoms with Crippen molar-refractivity contribution in [3.05, 3.63) is 54.8 Å². The zero-order chi connectivity index (χ0) is 29.7. The normalized spacial score (nSPS) is 29.0. The highest BCUT2D eigenvalue weighted by Crippen LogP contribution is 2.29. The molecule has 2 aromatic heterocycles. The zero-order valence-corrected chi connectivity index (χ0v) is 21.3. The lowest BCUT2D eigenvalue weighted by Gasteiger charge is -2.17. The highest BCUT2D eigenvalue weighted by atomic mass is 16.6. The van der Waals surface area contributed by atoms with Crippen LogP contribution in [0.3, 0.4) is 0 Å². The Morgan fingerprint density at radius 1 is 0.850 bits per heavy atom. The molecule has 40 heavy (non-hydrogen) atoms. The van der Waals surface area contributed by atoms with Crippen LogP contribution in [0, 0.1) is 23.7 Å². The van der Waals surface area contributed by atoms with Gasteiger partial charge in [-0.25, -0.2) is 9.59 Å². The summed E-state index contributed by atoms with van der Waals surface area (Å²) in [5.74, 6) is 10.3. The number of aliphatic hydroxyl groups excluding tert-OH is 6. The van der Waals surface area contributed by atoms with Crippen LogP contribution in [-0.4, -0.2) is 99.6 Å². The zero-order valence-electron chi connectivity index (χ0n) is 21.3. The molecule has 0 radical (unpaired) electrons. The number of nitrogens with zero attached hydrogens (tertiary/aromatic N) is 3. The summed E-state index contributed by atoms with van der Waals surface area (Å²) in [4.78, 5) is 40.7. The van der Waals surface area contributed by atoms with Crippen LogP contribution in [0.15, 0.2) is 26.8 Å². The first-order valence-electron chi connectivity index (χ1n) is 11.8. The number of nitrogens with two attached hydrogens (primary N) is 1. The van der Waals surface area contributed by atoms with Crippen molar-refractivity contribution in [3.8, 4) is 23.7 Å². The van der Waals surface area contributed by atoms with Gasteiger partial charge in [-0.2, -0.15) is 4.98 Å². The summed E-state index contributed by atoms with van der Waals surface area (Å²) in [7, 11) is 0. The van der Waals surface area contributed by atoms with E-state index in [-0.39, 0.29) is 11.4 Å². The fourth-order valence-corrected chi connectivity index (χ4v) is 4.01. The molecule has 16 heteroatoms. The van der Waals surface area contributed by atoms with Gasteiger partial charge in [0, 0.05) is 12.4 Å². The molecule has 0 spiro atoms. The van der Waals surface area contributed by atoms with Gasteiger partial charge in [0.15, 0.2) is 12.5 Å². The lowest BCUT2D eigenvalue weighted by molar-refractivity contribution is -0.0550. The number of aromatic amines is 1. The molecule has 0 aromatic carbocycles. The van der Waals surface area contributed by atoms with Crippen molar-refractivity contribution in [2.24, 2.45) is 0 Å². The third-order valence-corrected chi connectivity index (χ3v) is 6.05. The highest BCUT2D eigenvalue weighted by molar-refractivity contribution is 5.48. The lowest BCUT2D eigenvalue weighted by Crippen LogP contribution is -2.38. The summed E-state index contributed by atoms with van der Waals surface area (Å²) in [6.07, 6.45) is -7.27. The summed E-state index contributed by atoms with van der Waals surface area (Å²) >= 11 is 0. The van der Waals surface area contributed by atoms with Gasteiger partial charge in [-0.1, -0.05) is 11.8 Å². The maximum Gasteiger partial charge on any atom is 0.351 e. The monoisotopic (exact) mass is 563 g/mol. The molecule has 8 atom stereocenters. The fourth-order valence-electron chi connectivity index (χ4n) is 4.01. The minimum Gasteiger partial charge on any atom is -0.394 e. The Morgan fingerprint density at radius 2 is 1.32 bits per heavy atom. The Bertz CT molecular complexity index is 1510. The van der Waals surface area contributed by atoms with Gasteiger partial charge in [0.2, 0.25) is 0 Å². The van der Waals surface area contributed by atoms with E-state index in [1.165, 1.54) is 13.1 Å². The van der Waals surface area contributed by atoms with Crippen molar-refractivity contribution in [2.45, 2.75) is 62.9 Å². The minimum absolute atomic E-state index is 0.0210. The number of aromatic nitrogens is 4. The topological polar surface area (TPSA) is 256 Å². The summed E-state index contributed by atoms with van der Waals surface area (Å²) in [6, 6.07) is 0. The van der Waals surface area contributed by atoms with Gasteiger partial charge in [-0.3, -0.25) is 18.9 Å². The number of anilines is 1. The third-order valence-electron chi connectivity index (χ3n) is 6.05. The molecule has 4 rings (SSSR count). The quantitative estimate of drug-likeness (QED) is 0.163. The average Bonchev–Trinajstić information content (AvgIpc) is 3.37. The Morgan fingerprint density at radius 3 is 1.80 bits per heavy atom. The molecule has 216 valence electrons. The second-order valence-corrected chi connectivity index (χ2v) is 8.65. The molecule has 2 aromatic rings. The van der Waals surface area contributed by atoms with Crippen LogP contribution >= 0.6 is 0 Å². The van der Waals surface area contributed by atoms with Crippen LogP contribution in [0.25, 0.3) is 0 Å². The fraction of sp³-hybridized carbons (Fsp3) is 0.500. The molecule has 9 N–H and O–H groups in total. The predicted molar refractivity (Wildman–Crippen MR) is 135 cm³/mol. The molecule has 2 saturated heterocycles. The number of nitrogen functional groups attached to an aromatic ring is 1. The number of ether oxygens (including phenoxy) is 2. The summed E-state index contributed by atoms with van der Waals surface area (Å²) in [5, 5.41) is 57.1. The van der Waals surface area contributed by atoms with E-state index in [0.29, 0.717) is 5.56 Å². The number of aliphatic hydroxyl groups is 6. The molecule has 0 amide bonds. The van der Waals surface area contributed by atoms with Crippen LogP contribution in [0.1, 0.15) is 37.4 Å². The van der Waals surface area contributed by atoms with Crippen molar-refractivity contribution in [1.29, 1.82) is 0 Å². The largest absolute Gasteiger partial charge is 0.394 e. The van der Waals surface area contributed by atoms with E-state index in [1.54, 1.807) is 6.92 Å². The Hall–Kier alpha value is -3.84. The van der Waals surface area contributed by atoms with Gasteiger partial charge in [-0.15, -0.1) is 11.8 Å². The second kappa shape index (κ2) is 13.0. The first-order chi connectivity index (χ1) is 19.0. The van der Waals surface area contributed by atoms with Crippen molar-refractivity contribution in [2.75, 3.05) is 18.9 Å². The van der Waals surface area contributed by atoms with E-state index in [4.69, 9.17) is 25.4 Å². The van der Waals surface area contributed by atoms with Crippen molar-refractivity contribution in [1.82, 2.24) is 19.1 Å². The summed E-state index contributed by atoms with van der Waals surface area (Å²) in [6.45, 7) is 2.14. The number of hydrogen-bond donors (Lipinski definition) is 8. The molecule has 2 aliphatic heterocycles. The molecule has 0 aliphatic carbocycles. The molecular formula is C24H29N5O11. The standard InChI is InChI=1S/C12H15N3O5.C12H14N2O6/c1-2-3-6-4-15(12(19)14-10(6)13)11-9(18)8(17)7(5-16)20-11;1-2-3-6-4-14(12(19)13-10(6)18)11-9(17)8(16)7(5-15)20-11/h4,7-9,11,16-18H,5H2,1H3,(H2,13,14,19);4,7-9,11,15-17H,5H2,1H3,(H,13,18,19)/t2*7-,8-,9-,11-/m11/s1. The van der Waals surface area contributed by atoms with Gasteiger partial charge in [0.1, 0.15) is 48.0 Å². The average molecular weight is 564 g/mol. The van der Waals surface area contributed by atoms with Crippen molar-refractivity contribution < 1.29 is 40.1 Å². The minimum atomic E-state index is -1.40. The number of H-pyrrole nitrogens is 1. The van der Waals surface area contributed by atoms with Gasteiger partial charge in [0.25, 0.3) is 5.56 Å². The third kappa shape index (κ3) is 6.15. The maximum absolute atomic E-state index is 11.8. The highest BCUT2D eigenvalue weighted by Gasteiger charge is 2.44. The SMILES string of the molecule is CC#Cc1cn([C@@H]2O[C@H](CO)[C@@H](O)[C@H]2O)c(=O)[nH]c1=O.CC#Cc1cn([C@@H]2O[C@H](CO)[C@@H](O)[C@H]2O)c(=O)nc1N. The lowest BCUT2D eigenvalue weighted by atomic mass is 10.1. The number of hydrogen-bond acceptors (Lipinski definition) is 13. The van der Waals surface area contributed by atoms with Gasteiger partial charge < -0.3 is 45.8 Å². The van der Waals surface area contributed by atoms with Crippen LogP contribution in [0.2, 0.25) is 0 Å². The molecule has 0 bridgehead atoms. The molecule has 2 aliphatic rings. The van der Waals surface area contributed by atoms with E-state index in [1.807, 2.05) is 0 Å². The summed E-state index contributed by atoms with van der Waals surface area (Å²) < 4.78 is 12.4. The van der Waals surface area contributed by atoms with Crippen LogP contribution in [-0.2, 0) is 9.47 Å². The first-order valence-corrected chi connectivity index (χ1v) is 11.8. The van der Waals surface area contributed by atoms with Gasteiger partial charge in [-0.05, 0) is 13.8 Å². The van der Waals surface area contributed by atoms with Crippen molar-refractivity contribution in [3.63, 3.8) is 0 Å². The molecule has 0 unspecified atom stereocenters. The van der Waals surface area contributed by atoms with E-state index >= 15 is 0 Å². The maximum atomic E-state index is 11.8. The van der Waals surface area contributed by atoms with Crippen molar-refractivity contribution >= 4 is 5.82 Å². The molecular weight excluding hydrogens is 534 g/mol. The number of rotatable bonds is 4. The van der Waals surface area contributed by atoms with E-state index < -0.39 is 79.2 Å². The van der Waals surface area contributed by atoms with Crippen LogP contribution < -0.4 is 22.7 Å². The predicted octanol–water partition coefficient (Wildman–Crippen LogP) is -4.67. The molecule has 16 nitrogen and oxygen atoms in total. The Kier molecular flexibility index (Phi) is 9.98. The first kappa shape index (κ1) is 30.7. The smallest absolute Gasteiger partial charge is 0.351 e. The second-order valence-electron chi connectivity index (χ2n) is 8.65. The van der Waals surface area contributed by atoms with Gasteiger partial charge >= 0.3 is 11.4 Å². The number of nitrogens with one attached hydrogen (secondary N) is 1. The molecule has 2 fully saturated rings. The molecule has 4 heterocycles.